The molecule has 0 unspecified atom stereocenters. The third kappa shape index (κ3) is 70.7. The first kappa shape index (κ1) is 143. The number of halogens is 5. The summed E-state index contributed by atoms with van der Waals surface area (Å²) in [5.41, 5.74) is 4.61. The molecule has 0 aliphatic carbocycles. The lowest BCUT2D eigenvalue weighted by molar-refractivity contribution is -0.395. The van der Waals surface area contributed by atoms with E-state index in [4.69, 9.17) is 88.5 Å². The van der Waals surface area contributed by atoms with Gasteiger partial charge in [0.15, 0.2) is 18.3 Å². The highest BCUT2D eigenvalue weighted by Crippen LogP contribution is 2.61. The number of nitrogens with zero attached hydrogens (tertiary/aromatic N) is 4. The molecule has 51 nitrogen and oxygen atoms in total. The minimum Gasteiger partial charge on any atom is -0.502 e. The van der Waals surface area contributed by atoms with Gasteiger partial charge in [0, 0.05) is 12.1 Å². The number of aromatic hydroxyl groups is 1. The molecule has 0 aromatic heterocycles. The maximum Gasteiger partial charge on any atom is 0.345 e. The van der Waals surface area contributed by atoms with Crippen LogP contribution in [0.3, 0.4) is 0 Å². The second kappa shape index (κ2) is 72.6. The molecule has 0 fully saturated rings. The molecule has 0 amide bonds. The SMILES string of the molecule is CC(C)OC(=O)[C@H](C)N.CC(C)OC(=O)[C@H](C)NP(=O)(N[C@@H](C)C(=O)OC(C)C)OCCl.CC(C)OC(=O)[C@H](C)NP(=O)(N[C@@H](C)C(=O)OC(C)C)OCOc1ccc([N+](=O)[O-])cc1[N+](=O)[O-].CC(C)OC(=O)[C@H](C)NP(=O)(N[C@@H](C)C(=O)OC(C)C)OCc1ccccc1.CC(C)OC(=O)[C@H](C)NP(=O)(O)N[C@@H](C)C(=O)OC(C)C.Cl.O=P(Cl)(Cl)Cl.O=[N+]([O-])c1ccc(O)c([N+](=O)[O-])c1.OCc1ccccc1. The Labute approximate surface area is 855 Å². The number of nitro benzene ring substituents is 4. The molecule has 0 saturated carbocycles. The Morgan fingerprint density at radius 2 is 0.594 bits per heavy atom. The molecule has 4 aromatic carbocycles. The average molecular weight is 2250 g/mol. The summed E-state index contributed by atoms with van der Waals surface area (Å²) < 4.78 is 127. The molecule has 0 saturated heterocycles. The number of nitro groups is 4. The standard InChI is InChI=1S/C19H29N4O11P.C19H31N2O6P.C13H26ClN2O6P.C12H25N2O6P.C7H8O.C6H4N2O5.C6H13NO2.Cl3OP.ClH/c1-11(2)33-18(24)13(5)20-35(30,21-14(6)19(25)34-12(3)4)32-10-31-17-8-7-15(22(26)27)9-16(17)23(28)29;1-13(2)26-18(22)15(5)20-28(24,21-16(6)19(23)27-14(3)4)25-12-17-10-8-7-9-11-17;1-8(2)21-12(17)10(5)15-23(19,20-7-14)16-11(6)13(18)22-9(3)4;1-7(2)19-11(15)9(5)13-21(17,18)14-10(6)12(16)20-8(3)4;8-6-7-4-2-1-3-5-7;9-6-2-1-4(7(10)11)3-5(6)8(12)13;1-4(2)9-6(8)5(3)7;1-5(2,3)4;/h7-9,11-14H,10H2,1-6H3,(H2,20,21,30);7-11,13-16H,12H2,1-6H3,(H2,20,21,24);8-11H,7H2,1-6H3,(H2,15,16,19);7-10H,1-6H3,(H3,13,14,17,18);1-5,8H,6H2;1-3,9H;4-5H,7H2,1-3H3;;1H/t13-,14-;15-,16-;10-,11-;9-,10-;;;5-;;/m0000..0../s1. The molecule has 9 atom stereocenters. The number of nitrogens with two attached hydrogens (primary N) is 1. The van der Waals surface area contributed by atoms with E-state index in [0.29, 0.717) is 12.1 Å². The molecule has 4 aromatic rings. The van der Waals surface area contributed by atoms with Crippen LogP contribution in [0, 0.1) is 40.5 Å². The van der Waals surface area contributed by atoms with E-state index in [1.165, 1.54) is 55.4 Å². The van der Waals surface area contributed by atoms with Crippen LogP contribution in [0.15, 0.2) is 97.1 Å². The van der Waals surface area contributed by atoms with Gasteiger partial charge in [-0.3, -0.25) is 115 Å². The highest BCUT2D eigenvalue weighted by Gasteiger charge is 2.39. The third-order valence-electron chi connectivity index (χ3n) is 15.0. The van der Waals surface area contributed by atoms with E-state index in [1.54, 1.807) is 132 Å². The zero-order valence-electron chi connectivity index (χ0n) is 84.1. The molecule has 0 bridgehead atoms. The van der Waals surface area contributed by atoms with E-state index < -0.39 is 217 Å². The number of rotatable bonds is 48. The Morgan fingerprint density at radius 3 is 0.825 bits per heavy atom. The Kier molecular flexibility index (Phi) is 72.5. The number of carbonyl (C=O) groups is 9. The molecule has 143 heavy (non-hydrogen) atoms. The molecular formula is C82H137Cl5N13O38P5. The van der Waals surface area contributed by atoms with Gasteiger partial charge in [0.25, 0.3) is 11.4 Å². The van der Waals surface area contributed by atoms with Gasteiger partial charge in [-0.2, -0.15) is 0 Å². The van der Waals surface area contributed by atoms with Gasteiger partial charge in [-0.25, -0.2) is 40.7 Å². The summed E-state index contributed by atoms with van der Waals surface area (Å²) in [5.74, 6) is -6.49. The molecule has 818 valence electrons. The first-order valence-corrected chi connectivity index (χ1v) is 54.6. The molecule has 0 aliphatic heterocycles. The minimum atomic E-state index is -4.23. The van der Waals surface area contributed by atoms with Crippen LogP contribution >= 0.6 is 93.6 Å². The van der Waals surface area contributed by atoms with Gasteiger partial charge in [-0.1, -0.05) is 72.3 Å². The second-order valence-corrected chi connectivity index (χ2v) is 46.1. The number of ether oxygens (including phenoxy) is 10. The zero-order chi connectivity index (χ0) is 111. The van der Waals surface area contributed by atoms with Crippen molar-refractivity contribution >= 4 is 170 Å². The van der Waals surface area contributed by atoms with Gasteiger partial charge in [0.2, 0.25) is 0 Å². The normalized spacial score (nSPS) is 13.2. The number of hydrogen-bond acceptors (Lipinski definition) is 38. The fourth-order valence-corrected chi connectivity index (χ4v) is 15.9. The first-order chi connectivity index (χ1) is 65.1. The first-order valence-electron chi connectivity index (χ1n) is 43.1. The monoisotopic (exact) mass is 2240 g/mol. The van der Waals surface area contributed by atoms with Crippen LogP contribution in [-0.2, 0) is 135 Å². The molecule has 61 heteroatoms. The van der Waals surface area contributed by atoms with Gasteiger partial charge in [0.05, 0.1) is 100.0 Å². The lowest BCUT2D eigenvalue weighted by atomic mass is 10.2. The van der Waals surface area contributed by atoms with Crippen molar-refractivity contribution in [3.05, 3.63) is 149 Å². The summed E-state index contributed by atoms with van der Waals surface area (Å²) >= 11 is 19.3. The molecule has 0 aliphatic rings. The number of phenolic OH excluding ortho intramolecular Hbond substituents is 1. The number of alkyl halides is 1. The van der Waals surface area contributed by atoms with Crippen molar-refractivity contribution < 1.29 is 162 Å². The van der Waals surface area contributed by atoms with Crippen LogP contribution in [0.4, 0.5) is 22.7 Å². The van der Waals surface area contributed by atoms with E-state index in [2.05, 4.69) is 74.4 Å². The van der Waals surface area contributed by atoms with Crippen LogP contribution in [0.5, 0.6) is 11.5 Å². The van der Waals surface area contributed by atoms with Crippen molar-refractivity contribution in [2.45, 2.75) is 309 Å². The van der Waals surface area contributed by atoms with Crippen molar-refractivity contribution in [3.63, 3.8) is 0 Å². The zero-order valence-corrected chi connectivity index (χ0v) is 92.4. The maximum atomic E-state index is 13.4. The van der Waals surface area contributed by atoms with E-state index in [0.717, 1.165) is 35.4 Å². The number of carbonyl (C=O) groups excluding carboxylic acids is 9. The number of nitrogens with one attached hydrogen (secondary N) is 8. The number of non-ortho nitro benzene ring substituents is 2. The van der Waals surface area contributed by atoms with Crippen LogP contribution in [0.1, 0.15) is 198 Å². The highest BCUT2D eigenvalue weighted by molar-refractivity contribution is 8.24. The van der Waals surface area contributed by atoms with E-state index >= 15 is 0 Å². The van der Waals surface area contributed by atoms with Crippen molar-refractivity contribution in [2.24, 2.45) is 5.73 Å². The number of esters is 9. The van der Waals surface area contributed by atoms with Gasteiger partial charge in [0.1, 0.15) is 60.4 Å². The quantitative estimate of drug-likeness (QED) is 0.00372. The topological polar surface area (TPSA) is 714 Å². The lowest BCUT2D eigenvalue weighted by Crippen LogP contribution is -2.43. The van der Waals surface area contributed by atoms with Crippen LogP contribution in [0.25, 0.3) is 0 Å². The predicted octanol–water partition coefficient (Wildman–Crippen LogP) is 15.0. The van der Waals surface area contributed by atoms with Gasteiger partial charge in [-0.15, -0.1) is 12.4 Å². The molecule has 0 radical (unpaired) electrons. The molecule has 0 heterocycles. The summed E-state index contributed by atoms with van der Waals surface area (Å²) in [5, 5.41) is 76.3. The fraction of sp³-hybridized carbons (Fsp3) is 0.598. The second-order valence-electron chi connectivity index (χ2n) is 32.0. The summed E-state index contributed by atoms with van der Waals surface area (Å²) in [6.45, 7) is 42.8. The third-order valence-corrected chi connectivity index (χ3v) is 22.5. The van der Waals surface area contributed by atoms with E-state index in [9.17, 15) is 111 Å². The van der Waals surface area contributed by atoms with Crippen LogP contribution in [-0.4, -0.2) is 211 Å². The van der Waals surface area contributed by atoms with Crippen molar-refractivity contribution in [1.82, 2.24) is 40.7 Å². The van der Waals surface area contributed by atoms with E-state index in [1.807, 2.05) is 60.7 Å². The van der Waals surface area contributed by atoms with Crippen LogP contribution in [0.2, 0.25) is 0 Å². The largest absolute Gasteiger partial charge is 0.502 e. The van der Waals surface area contributed by atoms with Crippen LogP contribution < -0.4 is 51.2 Å². The number of aliphatic hydroxyl groups excluding tert-OH is 1. The van der Waals surface area contributed by atoms with Gasteiger partial charge >= 0.3 is 101 Å². The number of phenols is 1. The molecule has 0 spiro atoms. The maximum absolute atomic E-state index is 13.4. The fourth-order valence-electron chi connectivity index (χ4n) is 9.08. The van der Waals surface area contributed by atoms with Gasteiger partial charge < -0.3 is 72.7 Å². The molecular weight excluding hydrogens is 2110 g/mol. The number of aliphatic hydroxyl groups is 1. The van der Waals surface area contributed by atoms with Crippen molar-refractivity contribution in [1.29, 1.82) is 0 Å². The number of benzene rings is 4. The predicted molar refractivity (Wildman–Crippen MR) is 534 cm³/mol. The summed E-state index contributed by atoms with van der Waals surface area (Å²) in [7, 11) is -15.9. The molecule has 13 N–H and O–H groups in total. The van der Waals surface area contributed by atoms with Crippen molar-refractivity contribution in [3.8, 4) is 11.5 Å². The molecule has 4 rings (SSSR count). The lowest BCUT2D eigenvalue weighted by Gasteiger charge is -2.26. The minimum absolute atomic E-state index is 0. The Balaban J connectivity index is -0.000000535. The van der Waals surface area contributed by atoms with Crippen molar-refractivity contribution in [2.75, 3.05) is 12.9 Å². The summed E-state index contributed by atoms with van der Waals surface area (Å²) in [6, 6.07) is 15.1. The average Bonchev–Trinajstić information content (AvgIpc) is 0.840. The number of hydrogen-bond donors (Lipinski definition) is 12. The summed E-state index contributed by atoms with van der Waals surface area (Å²) in [6.07, 6.45) is -2.87. The Morgan fingerprint density at radius 1 is 0.357 bits per heavy atom. The smallest absolute Gasteiger partial charge is 0.345 e. The van der Waals surface area contributed by atoms with E-state index in [-0.39, 0.29) is 74.3 Å². The Bertz CT molecular complexity index is 4710. The van der Waals surface area contributed by atoms with Gasteiger partial charge in [-0.05, 0) is 244 Å². The summed E-state index contributed by atoms with van der Waals surface area (Å²) in [4.78, 5) is 155. The Hall–Kier alpha value is -8.65. The highest BCUT2D eigenvalue weighted by atomic mass is 36.0.